The number of nitrogens with one attached hydrogen (secondary N) is 1. The summed E-state index contributed by atoms with van der Waals surface area (Å²) in [6.07, 6.45) is -3.63. The summed E-state index contributed by atoms with van der Waals surface area (Å²) < 4.78 is 52.9. The van der Waals surface area contributed by atoms with Crippen LogP contribution >= 0.6 is 0 Å². The van der Waals surface area contributed by atoms with Crippen LogP contribution < -0.4 is 10.1 Å². The largest absolute Gasteiger partial charge is 0.495 e. The molecule has 9 heteroatoms. The number of hydrogen-bond acceptors (Lipinski definition) is 6. The Labute approximate surface area is 142 Å². The maximum Gasteiger partial charge on any atom is 0.416 e. The normalized spacial score (nSPS) is 10.6. The van der Waals surface area contributed by atoms with Crippen LogP contribution in [0.15, 0.2) is 30.0 Å². The minimum absolute atomic E-state index is 0.0163. The van der Waals surface area contributed by atoms with Crippen molar-refractivity contribution in [3.05, 3.63) is 35.5 Å². The van der Waals surface area contributed by atoms with Crippen LogP contribution in [-0.2, 0) is 25.2 Å². The average Bonchev–Trinajstić information content (AvgIpc) is 2.54. The molecule has 0 aromatic heterocycles. The zero-order valence-electron chi connectivity index (χ0n) is 13.9. The lowest BCUT2D eigenvalue weighted by Crippen LogP contribution is -2.19. The van der Waals surface area contributed by atoms with Gasteiger partial charge in [0, 0.05) is 6.20 Å². The van der Waals surface area contributed by atoms with E-state index in [1.807, 2.05) is 0 Å². The summed E-state index contributed by atoms with van der Waals surface area (Å²) in [4.78, 5) is 23.6. The van der Waals surface area contributed by atoms with Crippen molar-refractivity contribution in [2.75, 3.05) is 25.6 Å². The predicted octanol–water partition coefficient (Wildman–Crippen LogP) is 3.14. The number of benzene rings is 1. The van der Waals surface area contributed by atoms with Crippen molar-refractivity contribution >= 4 is 17.6 Å². The summed E-state index contributed by atoms with van der Waals surface area (Å²) in [7, 11) is 1.27. The lowest BCUT2D eigenvalue weighted by molar-refractivity contribution is -0.146. The fourth-order valence-electron chi connectivity index (χ4n) is 1.77. The number of alkyl halides is 3. The van der Waals surface area contributed by atoms with Gasteiger partial charge in [0.25, 0.3) is 0 Å². The fourth-order valence-corrected chi connectivity index (χ4v) is 1.77. The molecule has 0 bridgehead atoms. The summed E-state index contributed by atoms with van der Waals surface area (Å²) in [5.74, 6) is -1.82. The van der Waals surface area contributed by atoms with E-state index in [2.05, 4.69) is 5.32 Å². The molecule has 0 heterocycles. The highest BCUT2D eigenvalue weighted by Gasteiger charge is 2.31. The number of carbonyl (C=O) groups excluding carboxylic acids is 2. The van der Waals surface area contributed by atoms with Gasteiger partial charge in [-0.3, -0.25) is 0 Å². The van der Waals surface area contributed by atoms with Crippen molar-refractivity contribution < 1.29 is 37.0 Å². The summed E-state index contributed by atoms with van der Waals surface area (Å²) >= 11 is 0. The number of methoxy groups -OCH3 is 1. The Morgan fingerprint density at radius 2 is 1.68 bits per heavy atom. The van der Waals surface area contributed by atoms with E-state index in [1.165, 1.54) is 7.11 Å². The molecule has 25 heavy (non-hydrogen) atoms. The molecule has 1 aromatic carbocycles. The molecule has 0 saturated heterocycles. The molecule has 138 valence electrons. The van der Waals surface area contributed by atoms with Gasteiger partial charge < -0.3 is 19.5 Å². The molecule has 0 fully saturated rings. The topological polar surface area (TPSA) is 73.9 Å². The van der Waals surface area contributed by atoms with Crippen LogP contribution in [0.3, 0.4) is 0 Å². The molecule has 0 atom stereocenters. The molecule has 0 aliphatic heterocycles. The molecule has 6 nitrogen and oxygen atoms in total. The molecular formula is C16H18F3NO5. The van der Waals surface area contributed by atoms with Gasteiger partial charge in [-0.15, -0.1) is 0 Å². The third-order valence-electron chi connectivity index (χ3n) is 2.89. The van der Waals surface area contributed by atoms with Gasteiger partial charge in [0.05, 0.1) is 31.6 Å². The molecule has 0 unspecified atom stereocenters. The highest BCUT2D eigenvalue weighted by atomic mass is 19.4. The molecule has 1 N–H and O–H groups in total. The van der Waals surface area contributed by atoms with E-state index in [4.69, 9.17) is 14.2 Å². The van der Waals surface area contributed by atoms with Crippen LogP contribution in [0.1, 0.15) is 19.4 Å². The molecular weight excluding hydrogens is 343 g/mol. The average molecular weight is 361 g/mol. The van der Waals surface area contributed by atoms with E-state index in [9.17, 15) is 22.8 Å². The summed E-state index contributed by atoms with van der Waals surface area (Å²) in [5, 5.41) is 2.47. The number of ether oxygens (including phenoxy) is 3. The van der Waals surface area contributed by atoms with Crippen LogP contribution in [0.4, 0.5) is 18.9 Å². The molecule has 1 rings (SSSR count). The van der Waals surface area contributed by atoms with Crippen molar-refractivity contribution in [2.45, 2.75) is 20.0 Å². The highest BCUT2D eigenvalue weighted by Crippen LogP contribution is 2.35. The second kappa shape index (κ2) is 8.95. The maximum absolute atomic E-state index is 12.8. The van der Waals surface area contributed by atoms with E-state index in [0.717, 1.165) is 24.4 Å². The van der Waals surface area contributed by atoms with E-state index in [-0.39, 0.29) is 24.7 Å². The predicted molar refractivity (Wildman–Crippen MR) is 83.0 cm³/mol. The summed E-state index contributed by atoms with van der Waals surface area (Å²) in [6, 6.07) is 2.77. The number of anilines is 1. The molecule has 0 aliphatic carbocycles. The Morgan fingerprint density at radius 1 is 1.12 bits per heavy atom. The van der Waals surface area contributed by atoms with Crippen molar-refractivity contribution in [1.82, 2.24) is 0 Å². The monoisotopic (exact) mass is 361 g/mol. The third-order valence-corrected chi connectivity index (χ3v) is 2.89. The number of hydrogen-bond donors (Lipinski definition) is 1. The van der Waals surface area contributed by atoms with Gasteiger partial charge in [0.2, 0.25) is 0 Å². The molecule has 0 saturated carbocycles. The van der Waals surface area contributed by atoms with Crippen molar-refractivity contribution in [3.63, 3.8) is 0 Å². The van der Waals surface area contributed by atoms with E-state index in [1.54, 1.807) is 13.8 Å². The SMILES string of the molecule is CCOC(=O)C(=CNc1cc(C(F)(F)F)ccc1OC)C(=O)OCC. The molecule has 1 aromatic rings. The first-order chi connectivity index (χ1) is 11.7. The van der Waals surface area contributed by atoms with Gasteiger partial charge in [0.1, 0.15) is 5.75 Å². The molecule has 0 amide bonds. The minimum Gasteiger partial charge on any atom is -0.495 e. The zero-order chi connectivity index (χ0) is 19.0. The number of halogens is 3. The van der Waals surface area contributed by atoms with E-state index >= 15 is 0 Å². The Hall–Kier alpha value is -2.71. The second-order valence-corrected chi connectivity index (χ2v) is 4.56. The van der Waals surface area contributed by atoms with Crippen LogP contribution in [-0.4, -0.2) is 32.3 Å². The molecule has 0 aliphatic rings. The van der Waals surface area contributed by atoms with Crippen LogP contribution in [0, 0.1) is 0 Å². The van der Waals surface area contributed by atoms with E-state index in [0.29, 0.717) is 0 Å². The second-order valence-electron chi connectivity index (χ2n) is 4.56. The standard InChI is InChI=1S/C16H18F3NO5/c1-4-24-14(21)11(15(22)25-5-2)9-20-12-8-10(16(17,18)19)6-7-13(12)23-3/h6-9,20H,4-5H2,1-3H3. The maximum atomic E-state index is 12.8. The lowest BCUT2D eigenvalue weighted by atomic mass is 10.1. The Kier molecular flexibility index (Phi) is 7.28. The highest BCUT2D eigenvalue weighted by molar-refractivity contribution is 6.14. The van der Waals surface area contributed by atoms with Crippen molar-refractivity contribution in [1.29, 1.82) is 0 Å². The van der Waals surface area contributed by atoms with Crippen LogP contribution in [0.5, 0.6) is 5.75 Å². The number of carbonyl (C=O) groups is 2. The van der Waals surface area contributed by atoms with Crippen LogP contribution in [0.2, 0.25) is 0 Å². The van der Waals surface area contributed by atoms with Gasteiger partial charge in [0.15, 0.2) is 5.57 Å². The van der Waals surface area contributed by atoms with Gasteiger partial charge in [-0.05, 0) is 32.0 Å². The van der Waals surface area contributed by atoms with Crippen molar-refractivity contribution in [2.24, 2.45) is 0 Å². The minimum atomic E-state index is -4.56. The smallest absolute Gasteiger partial charge is 0.416 e. The first-order valence-electron chi connectivity index (χ1n) is 7.30. The van der Waals surface area contributed by atoms with Gasteiger partial charge in [-0.2, -0.15) is 13.2 Å². The Morgan fingerprint density at radius 3 is 2.12 bits per heavy atom. The van der Waals surface area contributed by atoms with Crippen LogP contribution in [0.25, 0.3) is 0 Å². The number of rotatable bonds is 7. The van der Waals surface area contributed by atoms with Gasteiger partial charge in [-0.1, -0.05) is 0 Å². The zero-order valence-corrected chi connectivity index (χ0v) is 13.9. The Balaban J connectivity index is 3.20. The first-order valence-corrected chi connectivity index (χ1v) is 7.30. The van der Waals surface area contributed by atoms with Crippen molar-refractivity contribution in [3.8, 4) is 5.75 Å². The van der Waals surface area contributed by atoms with E-state index < -0.39 is 29.3 Å². The molecule has 0 radical (unpaired) electrons. The summed E-state index contributed by atoms with van der Waals surface area (Å²) in [5.41, 5.74) is -1.48. The third kappa shape index (κ3) is 5.70. The quantitative estimate of drug-likeness (QED) is 0.348. The Bertz CT molecular complexity index is 636. The van der Waals surface area contributed by atoms with Gasteiger partial charge in [-0.25, -0.2) is 9.59 Å². The lowest BCUT2D eigenvalue weighted by Gasteiger charge is -2.13. The van der Waals surface area contributed by atoms with Gasteiger partial charge >= 0.3 is 18.1 Å². The summed E-state index contributed by atoms with van der Waals surface area (Å²) in [6.45, 7) is 3.12. The fraction of sp³-hybridized carbons (Fsp3) is 0.375. The number of esters is 2. The first kappa shape index (κ1) is 20.3. The molecule has 0 spiro atoms.